The van der Waals surface area contributed by atoms with E-state index in [4.69, 9.17) is 5.11 Å². The lowest BCUT2D eigenvalue weighted by Gasteiger charge is -2.04. The standard InChI is InChI=1S/C8H6F3N3O2/c9-8(10,11)6-2-1-5(3-12-6)4-13-14-7(15)16/h1-4,14H,(H,15,16)/b13-4+. The molecule has 1 aromatic rings. The number of hydrogen-bond donors (Lipinski definition) is 2. The fourth-order valence-corrected chi connectivity index (χ4v) is 0.811. The normalized spacial score (nSPS) is 11.7. The monoisotopic (exact) mass is 233 g/mol. The van der Waals surface area contributed by atoms with Gasteiger partial charge in [-0.15, -0.1) is 0 Å². The second-order valence-electron chi connectivity index (χ2n) is 2.65. The lowest BCUT2D eigenvalue weighted by atomic mass is 10.2. The molecule has 0 aliphatic rings. The zero-order valence-corrected chi connectivity index (χ0v) is 7.69. The van der Waals surface area contributed by atoms with Gasteiger partial charge in [-0.3, -0.25) is 4.98 Å². The number of halogens is 3. The summed E-state index contributed by atoms with van der Waals surface area (Å²) in [5.41, 5.74) is 0.909. The van der Waals surface area contributed by atoms with Crippen molar-refractivity contribution in [3.8, 4) is 0 Å². The highest BCUT2D eigenvalue weighted by atomic mass is 19.4. The zero-order valence-electron chi connectivity index (χ0n) is 7.69. The second kappa shape index (κ2) is 4.60. The van der Waals surface area contributed by atoms with Crippen molar-refractivity contribution in [1.29, 1.82) is 0 Å². The van der Waals surface area contributed by atoms with Crippen LogP contribution in [0.4, 0.5) is 18.0 Å². The summed E-state index contributed by atoms with van der Waals surface area (Å²) in [6.45, 7) is 0. The van der Waals surface area contributed by atoms with Crippen LogP contribution in [0.5, 0.6) is 0 Å². The molecule has 0 unspecified atom stereocenters. The molecule has 1 aromatic heterocycles. The van der Waals surface area contributed by atoms with Crippen molar-refractivity contribution < 1.29 is 23.1 Å². The Bertz CT molecular complexity index is 400. The molecular formula is C8H6F3N3O2. The van der Waals surface area contributed by atoms with Gasteiger partial charge in [-0.1, -0.05) is 0 Å². The average molecular weight is 233 g/mol. The molecule has 86 valence electrons. The molecule has 0 fully saturated rings. The van der Waals surface area contributed by atoms with Crippen LogP contribution < -0.4 is 5.43 Å². The van der Waals surface area contributed by atoms with Crippen molar-refractivity contribution in [3.63, 3.8) is 0 Å². The molecule has 0 aliphatic heterocycles. The van der Waals surface area contributed by atoms with Crippen molar-refractivity contribution >= 4 is 12.3 Å². The van der Waals surface area contributed by atoms with Gasteiger partial charge in [-0.25, -0.2) is 10.2 Å². The van der Waals surface area contributed by atoms with Gasteiger partial charge in [0.05, 0.1) is 6.21 Å². The average Bonchev–Trinajstić information content (AvgIpc) is 2.16. The Kier molecular flexibility index (Phi) is 3.44. The number of pyridine rings is 1. The molecule has 0 aromatic carbocycles. The minimum Gasteiger partial charge on any atom is -0.464 e. The summed E-state index contributed by atoms with van der Waals surface area (Å²) in [7, 11) is 0. The van der Waals surface area contributed by atoms with Crippen LogP contribution in [0.25, 0.3) is 0 Å². The van der Waals surface area contributed by atoms with Crippen molar-refractivity contribution in [1.82, 2.24) is 10.4 Å². The van der Waals surface area contributed by atoms with Crippen LogP contribution in [0.15, 0.2) is 23.4 Å². The van der Waals surface area contributed by atoms with E-state index >= 15 is 0 Å². The number of alkyl halides is 3. The molecule has 0 saturated heterocycles. The minimum absolute atomic E-state index is 0.252. The number of amides is 1. The summed E-state index contributed by atoms with van der Waals surface area (Å²) in [4.78, 5) is 13.1. The number of nitrogens with one attached hydrogen (secondary N) is 1. The van der Waals surface area contributed by atoms with E-state index in [9.17, 15) is 18.0 Å². The Hall–Kier alpha value is -2.12. The second-order valence-corrected chi connectivity index (χ2v) is 2.65. The first-order valence-electron chi connectivity index (χ1n) is 3.95. The number of carbonyl (C=O) groups is 1. The molecule has 0 aliphatic carbocycles. The SMILES string of the molecule is O=C(O)N/N=C/c1ccc(C(F)(F)F)nc1. The summed E-state index contributed by atoms with van der Waals surface area (Å²) in [6.07, 6.45) is -3.87. The van der Waals surface area contributed by atoms with Crippen molar-refractivity contribution in [2.45, 2.75) is 6.18 Å². The quantitative estimate of drug-likeness (QED) is 0.603. The van der Waals surface area contributed by atoms with Gasteiger partial charge >= 0.3 is 12.3 Å². The van der Waals surface area contributed by atoms with Gasteiger partial charge in [-0.2, -0.15) is 18.3 Å². The summed E-state index contributed by atoms with van der Waals surface area (Å²) in [5, 5.41) is 11.4. The molecule has 1 amide bonds. The van der Waals surface area contributed by atoms with Crippen LogP contribution >= 0.6 is 0 Å². The third-order valence-electron chi connectivity index (χ3n) is 1.45. The van der Waals surface area contributed by atoms with Gasteiger partial charge in [0.15, 0.2) is 0 Å². The van der Waals surface area contributed by atoms with E-state index in [0.717, 1.165) is 24.5 Å². The third-order valence-corrected chi connectivity index (χ3v) is 1.45. The summed E-state index contributed by atoms with van der Waals surface area (Å²) < 4.78 is 36.3. The van der Waals surface area contributed by atoms with Crippen molar-refractivity contribution in [3.05, 3.63) is 29.6 Å². The summed E-state index contributed by atoms with van der Waals surface area (Å²) in [5.74, 6) is 0. The molecule has 1 rings (SSSR count). The van der Waals surface area contributed by atoms with Crippen LogP contribution in [-0.2, 0) is 6.18 Å². The molecular weight excluding hydrogens is 227 g/mol. The number of rotatable bonds is 2. The predicted molar refractivity (Wildman–Crippen MR) is 48.0 cm³/mol. The van der Waals surface area contributed by atoms with Gasteiger partial charge in [0.25, 0.3) is 0 Å². The Morgan fingerprint density at radius 1 is 1.50 bits per heavy atom. The molecule has 8 heteroatoms. The van der Waals surface area contributed by atoms with Gasteiger partial charge in [0, 0.05) is 11.8 Å². The Balaban J connectivity index is 2.72. The fourth-order valence-electron chi connectivity index (χ4n) is 0.811. The van der Waals surface area contributed by atoms with Crippen molar-refractivity contribution in [2.75, 3.05) is 0 Å². The number of aromatic nitrogens is 1. The smallest absolute Gasteiger partial charge is 0.433 e. The Morgan fingerprint density at radius 2 is 2.19 bits per heavy atom. The zero-order chi connectivity index (χ0) is 12.2. The first kappa shape index (κ1) is 12.0. The summed E-state index contributed by atoms with van der Waals surface area (Å²) in [6, 6.07) is 1.91. The maximum atomic E-state index is 12.1. The van der Waals surface area contributed by atoms with E-state index in [2.05, 4.69) is 10.1 Å². The highest BCUT2D eigenvalue weighted by Crippen LogP contribution is 2.26. The largest absolute Gasteiger partial charge is 0.464 e. The third kappa shape index (κ3) is 3.56. The van der Waals surface area contributed by atoms with E-state index in [1.807, 2.05) is 0 Å². The minimum atomic E-state index is -4.49. The highest BCUT2D eigenvalue weighted by Gasteiger charge is 2.31. The lowest BCUT2D eigenvalue weighted by molar-refractivity contribution is -0.141. The molecule has 0 spiro atoms. The molecule has 0 atom stereocenters. The van der Waals surface area contributed by atoms with Gasteiger partial charge in [-0.05, 0) is 12.1 Å². The molecule has 0 bridgehead atoms. The van der Waals surface area contributed by atoms with Crippen LogP contribution in [0.3, 0.4) is 0 Å². The topological polar surface area (TPSA) is 74.6 Å². The van der Waals surface area contributed by atoms with Gasteiger partial charge in [0.1, 0.15) is 5.69 Å². The number of hydrogen-bond acceptors (Lipinski definition) is 3. The van der Waals surface area contributed by atoms with E-state index in [0.29, 0.717) is 0 Å². The highest BCUT2D eigenvalue weighted by molar-refractivity contribution is 5.80. The van der Waals surface area contributed by atoms with Crippen LogP contribution in [0.2, 0.25) is 0 Å². The van der Waals surface area contributed by atoms with Gasteiger partial charge < -0.3 is 5.11 Å². The molecule has 0 radical (unpaired) electrons. The maximum Gasteiger partial charge on any atom is 0.433 e. The molecule has 5 nitrogen and oxygen atoms in total. The van der Waals surface area contributed by atoms with E-state index < -0.39 is 18.0 Å². The first-order valence-corrected chi connectivity index (χ1v) is 3.95. The van der Waals surface area contributed by atoms with Gasteiger partial charge in [0.2, 0.25) is 0 Å². The first-order chi connectivity index (χ1) is 7.39. The predicted octanol–water partition coefficient (Wildman–Crippen LogP) is 1.70. The van der Waals surface area contributed by atoms with E-state index in [-0.39, 0.29) is 5.56 Å². The molecule has 16 heavy (non-hydrogen) atoms. The number of carboxylic acid groups (broad SMARTS) is 1. The Labute approximate surface area is 87.6 Å². The van der Waals surface area contributed by atoms with E-state index in [1.54, 1.807) is 5.43 Å². The fraction of sp³-hybridized carbons (Fsp3) is 0.125. The van der Waals surface area contributed by atoms with E-state index in [1.165, 1.54) is 0 Å². The van der Waals surface area contributed by atoms with Crippen LogP contribution in [0, 0.1) is 0 Å². The van der Waals surface area contributed by atoms with Crippen LogP contribution in [-0.4, -0.2) is 22.4 Å². The molecule has 0 saturated carbocycles. The van der Waals surface area contributed by atoms with Crippen molar-refractivity contribution in [2.24, 2.45) is 5.10 Å². The van der Waals surface area contributed by atoms with Crippen LogP contribution in [0.1, 0.15) is 11.3 Å². The summed E-state index contributed by atoms with van der Waals surface area (Å²) >= 11 is 0. The lowest BCUT2D eigenvalue weighted by Crippen LogP contribution is -2.13. The number of hydrazone groups is 1. The Morgan fingerprint density at radius 3 is 2.62 bits per heavy atom. The maximum absolute atomic E-state index is 12.1. The number of nitrogens with zero attached hydrogens (tertiary/aromatic N) is 2. The molecule has 1 heterocycles. The molecule has 2 N–H and O–H groups in total.